The Morgan fingerprint density at radius 3 is 2.29 bits per heavy atom. The summed E-state index contributed by atoms with van der Waals surface area (Å²) in [7, 11) is -3.38. The van der Waals surface area contributed by atoms with E-state index in [2.05, 4.69) is 0 Å². The third kappa shape index (κ3) is 2.81. The molecule has 1 amide bonds. The molecule has 0 radical (unpaired) electrons. The number of nitrogens with zero attached hydrogens (tertiary/aromatic N) is 1. The van der Waals surface area contributed by atoms with Gasteiger partial charge in [0, 0.05) is 12.1 Å². The fourth-order valence-corrected chi connectivity index (χ4v) is 5.35. The Morgan fingerprint density at radius 1 is 1.08 bits per heavy atom. The molecule has 0 bridgehead atoms. The molecule has 1 aromatic carbocycles. The number of sulfone groups is 1. The van der Waals surface area contributed by atoms with Crippen molar-refractivity contribution in [2.45, 2.75) is 68.0 Å². The van der Waals surface area contributed by atoms with Gasteiger partial charge in [-0.3, -0.25) is 4.79 Å². The van der Waals surface area contributed by atoms with Crippen LogP contribution in [-0.2, 0) is 14.6 Å². The fourth-order valence-electron chi connectivity index (χ4n) is 3.79. The van der Waals surface area contributed by atoms with Crippen molar-refractivity contribution in [1.82, 2.24) is 4.90 Å². The van der Waals surface area contributed by atoms with E-state index in [0.29, 0.717) is 17.8 Å². The van der Waals surface area contributed by atoms with Gasteiger partial charge in [-0.05, 0) is 50.7 Å². The van der Waals surface area contributed by atoms with E-state index in [1.54, 1.807) is 24.3 Å². The van der Waals surface area contributed by atoms with E-state index in [4.69, 9.17) is 4.74 Å². The van der Waals surface area contributed by atoms with E-state index < -0.39 is 15.9 Å². The summed E-state index contributed by atoms with van der Waals surface area (Å²) < 4.78 is 30.7. The average molecular weight is 349 g/mol. The van der Waals surface area contributed by atoms with Gasteiger partial charge in [-0.2, -0.15) is 0 Å². The van der Waals surface area contributed by atoms with Crippen molar-refractivity contribution in [3.8, 4) is 5.75 Å². The molecule has 0 N–H and O–H groups in total. The summed E-state index contributed by atoms with van der Waals surface area (Å²) in [5.74, 6) is 0.322. The summed E-state index contributed by atoms with van der Waals surface area (Å²) in [6.07, 6.45) is 6.25. The minimum Gasteiger partial charge on any atom is -0.487 e. The molecular weight excluding hydrogens is 326 g/mol. The molecule has 0 saturated heterocycles. The molecule has 24 heavy (non-hydrogen) atoms. The molecule has 1 heterocycles. The number of benzene rings is 1. The number of fused-ring (bicyclic) bond motifs is 1. The van der Waals surface area contributed by atoms with Crippen LogP contribution in [0.4, 0.5) is 0 Å². The summed E-state index contributed by atoms with van der Waals surface area (Å²) >= 11 is 0. The van der Waals surface area contributed by atoms with E-state index in [1.165, 1.54) is 12.8 Å². The third-order valence-corrected chi connectivity index (χ3v) is 7.33. The number of rotatable bonds is 4. The molecule has 130 valence electrons. The Balaban J connectivity index is 1.50. The van der Waals surface area contributed by atoms with Gasteiger partial charge in [-0.25, -0.2) is 8.42 Å². The summed E-state index contributed by atoms with van der Waals surface area (Å²) in [6.45, 7) is 0. The lowest BCUT2D eigenvalue weighted by Crippen LogP contribution is -2.53. The first-order chi connectivity index (χ1) is 11.5. The van der Waals surface area contributed by atoms with Gasteiger partial charge in [-0.1, -0.05) is 12.1 Å². The number of ether oxygens (including phenoxy) is 1. The first kappa shape index (κ1) is 15.9. The van der Waals surface area contributed by atoms with Crippen LogP contribution in [0.5, 0.6) is 5.75 Å². The maximum atomic E-state index is 12.9. The molecule has 0 spiro atoms. The van der Waals surface area contributed by atoms with E-state index in [9.17, 15) is 13.2 Å². The highest BCUT2D eigenvalue weighted by Crippen LogP contribution is 2.36. The Hall–Kier alpha value is -1.56. The predicted octanol–water partition coefficient (Wildman–Crippen LogP) is 2.55. The fraction of sp³-hybridized carbons (Fsp3) is 0.611. The topological polar surface area (TPSA) is 63.7 Å². The number of carbonyl (C=O) groups is 1. The van der Waals surface area contributed by atoms with Gasteiger partial charge in [-0.15, -0.1) is 0 Å². The molecule has 5 nitrogen and oxygen atoms in total. The summed E-state index contributed by atoms with van der Waals surface area (Å²) in [6, 6.07) is 7.40. The molecule has 1 atom stereocenters. The second-order valence-electron chi connectivity index (χ2n) is 7.14. The molecule has 0 aromatic heterocycles. The van der Waals surface area contributed by atoms with Crippen molar-refractivity contribution in [2.24, 2.45) is 0 Å². The first-order valence-electron chi connectivity index (χ1n) is 8.84. The van der Waals surface area contributed by atoms with Crippen LogP contribution in [0.25, 0.3) is 0 Å². The van der Waals surface area contributed by atoms with Crippen molar-refractivity contribution in [1.29, 1.82) is 0 Å². The van der Waals surface area contributed by atoms with Crippen LogP contribution < -0.4 is 4.74 Å². The Labute approximate surface area is 142 Å². The second-order valence-corrected chi connectivity index (χ2v) is 9.15. The summed E-state index contributed by atoms with van der Waals surface area (Å²) in [4.78, 5) is 15.1. The highest BCUT2D eigenvalue weighted by Gasteiger charge is 2.39. The average Bonchev–Trinajstić information content (AvgIpc) is 2.42. The monoisotopic (exact) mass is 349 g/mol. The molecule has 2 saturated carbocycles. The molecule has 2 aliphatic carbocycles. The summed E-state index contributed by atoms with van der Waals surface area (Å²) in [5.41, 5.74) is 0. The zero-order valence-corrected chi connectivity index (χ0v) is 14.5. The van der Waals surface area contributed by atoms with Crippen LogP contribution in [0.2, 0.25) is 0 Å². The van der Waals surface area contributed by atoms with Crippen molar-refractivity contribution >= 4 is 15.7 Å². The minimum atomic E-state index is -3.38. The molecule has 1 aromatic rings. The lowest BCUT2D eigenvalue weighted by atomic mass is 9.84. The van der Waals surface area contributed by atoms with Crippen molar-refractivity contribution in [3.05, 3.63) is 24.3 Å². The Kier molecular flexibility index (Phi) is 4.03. The maximum Gasteiger partial charge on any atom is 0.226 e. The van der Waals surface area contributed by atoms with Crippen LogP contribution >= 0.6 is 0 Å². The highest BCUT2D eigenvalue weighted by atomic mass is 32.2. The number of para-hydroxylation sites is 1. The smallest absolute Gasteiger partial charge is 0.226 e. The van der Waals surface area contributed by atoms with Crippen LogP contribution in [0.15, 0.2) is 29.2 Å². The van der Waals surface area contributed by atoms with Gasteiger partial charge in [0.2, 0.25) is 5.91 Å². The number of carbonyl (C=O) groups excluding carboxylic acids is 1. The van der Waals surface area contributed by atoms with Crippen LogP contribution in [0.1, 0.15) is 44.9 Å². The third-order valence-electron chi connectivity index (χ3n) is 5.51. The van der Waals surface area contributed by atoms with E-state index in [-0.39, 0.29) is 23.0 Å². The van der Waals surface area contributed by atoms with Crippen molar-refractivity contribution < 1.29 is 17.9 Å². The number of hydrogen-bond donors (Lipinski definition) is 0. The van der Waals surface area contributed by atoms with Gasteiger partial charge in [0.25, 0.3) is 0 Å². The second kappa shape index (κ2) is 6.06. The molecule has 2 fully saturated rings. The van der Waals surface area contributed by atoms with E-state index in [0.717, 1.165) is 25.7 Å². The molecule has 1 aliphatic heterocycles. The lowest BCUT2D eigenvalue weighted by molar-refractivity contribution is -0.142. The summed E-state index contributed by atoms with van der Waals surface area (Å²) in [5, 5.41) is 0. The van der Waals surface area contributed by atoms with Gasteiger partial charge in [0.1, 0.15) is 16.7 Å². The van der Waals surface area contributed by atoms with Crippen molar-refractivity contribution in [2.75, 3.05) is 5.75 Å². The number of hydrogen-bond acceptors (Lipinski definition) is 4. The zero-order valence-electron chi connectivity index (χ0n) is 13.7. The number of amides is 1. The SMILES string of the molecule is O=C(CC1CS(=O)(=O)c2ccccc2O1)N(C1CCC1)C1CCC1. The van der Waals surface area contributed by atoms with Crippen molar-refractivity contribution in [3.63, 3.8) is 0 Å². The maximum absolute atomic E-state index is 12.9. The first-order valence-corrected chi connectivity index (χ1v) is 10.5. The van der Waals surface area contributed by atoms with Crippen LogP contribution in [-0.4, -0.2) is 43.2 Å². The molecule has 6 heteroatoms. The molecule has 3 aliphatic rings. The van der Waals surface area contributed by atoms with Crippen LogP contribution in [0.3, 0.4) is 0 Å². The largest absolute Gasteiger partial charge is 0.487 e. The van der Waals surface area contributed by atoms with Crippen LogP contribution in [0, 0.1) is 0 Å². The normalized spacial score (nSPS) is 25.8. The standard InChI is InChI=1S/C18H23NO4S/c20-18(19(13-5-3-6-13)14-7-4-8-14)11-15-12-24(21,22)17-10-2-1-9-16(17)23-15/h1-2,9-10,13-15H,3-8,11-12H2. The molecule has 1 unspecified atom stereocenters. The van der Waals surface area contributed by atoms with Gasteiger partial charge >= 0.3 is 0 Å². The quantitative estimate of drug-likeness (QED) is 0.838. The molecule has 4 rings (SSSR count). The Morgan fingerprint density at radius 2 is 1.71 bits per heavy atom. The predicted molar refractivity (Wildman–Crippen MR) is 89.7 cm³/mol. The van der Waals surface area contributed by atoms with Gasteiger partial charge in [0.15, 0.2) is 9.84 Å². The van der Waals surface area contributed by atoms with Gasteiger partial charge in [0.05, 0.1) is 12.2 Å². The van der Waals surface area contributed by atoms with E-state index >= 15 is 0 Å². The highest BCUT2D eigenvalue weighted by molar-refractivity contribution is 7.91. The lowest BCUT2D eigenvalue weighted by Gasteiger charge is -2.46. The van der Waals surface area contributed by atoms with E-state index in [1.807, 2.05) is 4.90 Å². The zero-order chi connectivity index (χ0) is 16.7. The minimum absolute atomic E-state index is 0.0592. The molecular formula is C18H23NO4S. The van der Waals surface area contributed by atoms with Gasteiger partial charge < -0.3 is 9.64 Å². The Bertz CT molecular complexity index is 723.